The Morgan fingerprint density at radius 1 is 1.11 bits per heavy atom. The molecule has 0 atom stereocenters. The smallest absolute Gasteiger partial charge is 0.330 e. The Hall–Kier alpha value is -1.09. The fraction of sp³-hybridized carbons (Fsp3) is 0.385. The van der Waals surface area contributed by atoms with Gasteiger partial charge < -0.3 is 13.8 Å². The van der Waals surface area contributed by atoms with E-state index in [4.69, 9.17) is 13.8 Å². The van der Waals surface area contributed by atoms with Crippen LogP contribution in [0.15, 0.2) is 30.3 Å². The summed E-state index contributed by atoms with van der Waals surface area (Å²) >= 11 is 0. The van der Waals surface area contributed by atoms with Gasteiger partial charge in [0, 0.05) is 14.2 Å². The van der Waals surface area contributed by atoms with E-state index < -0.39 is 7.60 Å². The van der Waals surface area contributed by atoms with E-state index in [-0.39, 0.29) is 0 Å². The Morgan fingerprint density at radius 2 is 1.72 bits per heavy atom. The summed E-state index contributed by atoms with van der Waals surface area (Å²) in [6.07, 6.45) is 4.94. The van der Waals surface area contributed by atoms with E-state index in [9.17, 15) is 4.57 Å². The summed E-state index contributed by atoms with van der Waals surface area (Å²) in [5, 5.41) is 0. The van der Waals surface area contributed by atoms with Gasteiger partial charge in [-0.2, -0.15) is 0 Å². The van der Waals surface area contributed by atoms with Gasteiger partial charge >= 0.3 is 7.60 Å². The first-order valence-electron chi connectivity index (χ1n) is 5.64. The number of hydrogen-bond donors (Lipinski definition) is 0. The summed E-state index contributed by atoms with van der Waals surface area (Å²) in [5.74, 6) is 0.829. The lowest BCUT2D eigenvalue weighted by Gasteiger charge is -2.11. The standard InChI is InChI=1S/C13H19O4P/c1-15-13-9-7-12(8-10-13)6-4-5-11-18(14,16-2)17-3/h4,6-10H,5,11H2,1-3H3/b6-4+. The second-order valence-corrected chi connectivity index (χ2v) is 6.06. The highest BCUT2D eigenvalue weighted by Crippen LogP contribution is 2.46. The molecular weight excluding hydrogens is 251 g/mol. The monoisotopic (exact) mass is 270 g/mol. The fourth-order valence-corrected chi connectivity index (χ4v) is 2.40. The average molecular weight is 270 g/mol. The summed E-state index contributed by atoms with van der Waals surface area (Å²) in [6.45, 7) is 0. The van der Waals surface area contributed by atoms with E-state index in [1.165, 1.54) is 14.2 Å². The maximum atomic E-state index is 11.8. The molecule has 0 aliphatic carbocycles. The Morgan fingerprint density at radius 3 is 2.22 bits per heavy atom. The number of hydrogen-bond acceptors (Lipinski definition) is 4. The summed E-state index contributed by atoms with van der Waals surface area (Å²) in [7, 11) is 1.55. The van der Waals surface area contributed by atoms with Crippen LogP contribution in [0, 0.1) is 0 Å². The minimum atomic E-state index is -2.89. The second kappa shape index (κ2) is 7.37. The predicted octanol–water partition coefficient (Wildman–Crippen LogP) is 3.58. The molecule has 0 amide bonds. The van der Waals surface area contributed by atoms with E-state index in [2.05, 4.69) is 0 Å². The molecule has 1 aromatic rings. The van der Waals surface area contributed by atoms with Crippen LogP contribution in [0.4, 0.5) is 0 Å². The molecule has 1 aromatic carbocycles. The molecule has 0 heterocycles. The summed E-state index contributed by atoms with van der Waals surface area (Å²) in [5.41, 5.74) is 1.07. The Labute approximate surface area is 108 Å². The van der Waals surface area contributed by atoms with Crippen LogP contribution in [0.25, 0.3) is 6.08 Å². The SMILES string of the molecule is COc1ccc(/C=C/CCP(=O)(OC)OC)cc1. The molecule has 0 N–H and O–H groups in total. The van der Waals surface area contributed by atoms with Crippen molar-refractivity contribution in [1.29, 1.82) is 0 Å². The molecule has 0 aliphatic heterocycles. The third-order valence-electron chi connectivity index (χ3n) is 2.55. The summed E-state index contributed by atoms with van der Waals surface area (Å²) in [6, 6.07) is 7.72. The quantitative estimate of drug-likeness (QED) is 0.710. The predicted molar refractivity (Wildman–Crippen MR) is 73.1 cm³/mol. The Balaban J connectivity index is 2.47. The van der Waals surface area contributed by atoms with Gasteiger partial charge in [-0.25, -0.2) is 0 Å². The van der Waals surface area contributed by atoms with Crippen LogP contribution in [0.3, 0.4) is 0 Å². The minimum absolute atomic E-state index is 0.382. The van der Waals surface area contributed by atoms with Crippen molar-refractivity contribution in [3.63, 3.8) is 0 Å². The van der Waals surface area contributed by atoms with E-state index in [0.717, 1.165) is 11.3 Å². The lowest BCUT2D eigenvalue weighted by Crippen LogP contribution is -1.93. The lowest BCUT2D eigenvalue weighted by molar-refractivity contribution is 0.276. The van der Waals surface area contributed by atoms with Crippen LogP contribution in [-0.2, 0) is 13.6 Å². The molecule has 1 rings (SSSR count). The normalized spacial score (nSPS) is 11.9. The van der Waals surface area contributed by atoms with Gasteiger partial charge in [0.15, 0.2) is 0 Å². The van der Waals surface area contributed by atoms with Crippen LogP contribution >= 0.6 is 7.60 Å². The molecule has 0 unspecified atom stereocenters. The van der Waals surface area contributed by atoms with Crippen molar-refractivity contribution in [3.8, 4) is 5.75 Å². The highest BCUT2D eigenvalue weighted by atomic mass is 31.2. The van der Waals surface area contributed by atoms with Gasteiger partial charge in [0.25, 0.3) is 0 Å². The van der Waals surface area contributed by atoms with Gasteiger partial charge in [0.05, 0.1) is 13.3 Å². The molecule has 0 spiro atoms. The highest BCUT2D eigenvalue weighted by molar-refractivity contribution is 7.53. The van der Waals surface area contributed by atoms with Crippen LogP contribution in [0.2, 0.25) is 0 Å². The van der Waals surface area contributed by atoms with Crippen molar-refractivity contribution in [3.05, 3.63) is 35.9 Å². The topological polar surface area (TPSA) is 44.8 Å². The first-order chi connectivity index (χ1) is 8.63. The van der Waals surface area contributed by atoms with E-state index in [0.29, 0.717) is 12.6 Å². The zero-order valence-electron chi connectivity index (χ0n) is 11.0. The van der Waals surface area contributed by atoms with Crippen molar-refractivity contribution in [2.45, 2.75) is 6.42 Å². The van der Waals surface area contributed by atoms with Crippen LogP contribution in [-0.4, -0.2) is 27.5 Å². The van der Waals surface area contributed by atoms with Crippen LogP contribution in [0.5, 0.6) is 5.75 Å². The molecule has 0 fully saturated rings. The third-order valence-corrected chi connectivity index (χ3v) is 4.47. The van der Waals surface area contributed by atoms with Gasteiger partial charge in [-0.05, 0) is 24.1 Å². The van der Waals surface area contributed by atoms with Gasteiger partial charge in [-0.3, -0.25) is 4.57 Å². The number of rotatable bonds is 7. The second-order valence-electron chi connectivity index (χ2n) is 3.66. The van der Waals surface area contributed by atoms with Gasteiger partial charge in [-0.1, -0.05) is 24.3 Å². The first-order valence-corrected chi connectivity index (χ1v) is 7.37. The van der Waals surface area contributed by atoms with Crippen molar-refractivity contribution in [2.24, 2.45) is 0 Å². The number of allylic oxidation sites excluding steroid dienone is 1. The molecule has 0 bridgehead atoms. The van der Waals surface area contributed by atoms with Crippen molar-refractivity contribution >= 4 is 13.7 Å². The summed E-state index contributed by atoms with van der Waals surface area (Å²) < 4.78 is 26.5. The molecule has 0 saturated heterocycles. The van der Waals surface area contributed by atoms with Crippen LogP contribution in [0.1, 0.15) is 12.0 Å². The molecule has 100 valence electrons. The molecular formula is C13H19O4P. The van der Waals surface area contributed by atoms with Crippen molar-refractivity contribution in [2.75, 3.05) is 27.5 Å². The van der Waals surface area contributed by atoms with E-state index in [1.807, 2.05) is 36.4 Å². The zero-order valence-corrected chi connectivity index (χ0v) is 11.9. The third kappa shape index (κ3) is 4.65. The number of methoxy groups -OCH3 is 1. The summed E-state index contributed by atoms with van der Waals surface area (Å²) in [4.78, 5) is 0. The maximum absolute atomic E-state index is 11.8. The number of ether oxygens (including phenoxy) is 1. The van der Waals surface area contributed by atoms with Crippen molar-refractivity contribution < 1.29 is 18.3 Å². The number of benzene rings is 1. The molecule has 0 aromatic heterocycles. The lowest BCUT2D eigenvalue weighted by atomic mass is 10.2. The molecule has 18 heavy (non-hydrogen) atoms. The largest absolute Gasteiger partial charge is 0.497 e. The van der Waals surface area contributed by atoms with Crippen LogP contribution < -0.4 is 4.74 Å². The van der Waals surface area contributed by atoms with Crippen molar-refractivity contribution in [1.82, 2.24) is 0 Å². The molecule has 4 nitrogen and oxygen atoms in total. The highest BCUT2D eigenvalue weighted by Gasteiger charge is 2.18. The maximum Gasteiger partial charge on any atom is 0.330 e. The minimum Gasteiger partial charge on any atom is -0.497 e. The van der Waals surface area contributed by atoms with Gasteiger partial charge in [0.2, 0.25) is 0 Å². The van der Waals surface area contributed by atoms with Gasteiger partial charge in [0.1, 0.15) is 5.75 Å². The Kier molecular flexibility index (Phi) is 6.13. The fourth-order valence-electron chi connectivity index (χ4n) is 1.42. The molecule has 0 saturated carbocycles. The van der Waals surface area contributed by atoms with E-state index in [1.54, 1.807) is 7.11 Å². The first kappa shape index (κ1) is 15.0. The Bertz CT molecular complexity index is 417. The van der Waals surface area contributed by atoms with Gasteiger partial charge in [-0.15, -0.1) is 0 Å². The zero-order chi connectivity index (χ0) is 13.4. The molecule has 0 radical (unpaired) electrons. The molecule has 0 aliphatic rings. The molecule has 5 heteroatoms. The average Bonchev–Trinajstić information content (AvgIpc) is 2.44. The van der Waals surface area contributed by atoms with E-state index >= 15 is 0 Å².